The van der Waals surface area contributed by atoms with Crippen molar-refractivity contribution in [2.24, 2.45) is 5.92 Å². The molecule has 1 N–H and O–H groups in total. The van der Waals surface area contributed by atoms with Crippen LogP contribution in [0.2, 0.25) is 5.02 Å². The number of aromatic nitrogens is 4. The molecule has 144 valence electrons. The highest BCUT2D eigenvalue weighted by molar-refractivity contribution is 6.30. The summed E-state index contributed by atoms with van der Waals surface area (Å²) in [5.41, 5.74) is 0.857. The smallest absolute Gasteiger partial charge is 0.231 e. The van der Waals surface area contributed by atoms with Crippen molar-refractivity contribution < 1.29 is 18.0 Å². The normalized spacial score (nSPS) is 16.8. The van der Waals surface area contributed by atoms with E-state index in [0.29, 0.717) is 17.5 Å². The summed E-state index contributed by atoms with van der Waals surface area (Å²) in [6.45, 7) is 0.248. The molecular formula is C18H13ClF3N5O. The molecule has 6 nitrogen and oxygen atoms in total. The van der Waals surface area contributed by atoms with E-state index in [1.165, 1.54) is 17.3 Å². The van der Waals surface area contributed by atoms with E-state index >= 15 is 0 Å². The molecule has 0 bridgehead atoms. The van der Waals surface area contributed by atoms with Crippen molar-refractivity contribution in [2.75, 3.05) is 11.4 Å². The minimum Gasteiger partial charge on any atom is -0.293 e. The maximum Gasteiger partial charge on any atom is 0.231 e. The Morgan fingerprint density at radius 3 is 2.64 bits per heavy atom. The summed E-state index contributed by atoms with van der Waals surface area (Å²) in [6, 6.07) is 3.77. The Kier molecular flexibility index (Phi) is 4.76. The number of amides is 1. The maximum absolute atomic E-state index is 14.8. The lowest BCUT2D eigenvalue weighted by Crippen LogP contribution is -2.28. The number of H-pyrrole nitrogens is 1. The number of rotatable bonds is 4. The lowest BCUT2D eigenvalue weighted by molar-refractivity contribution is -0.120. The van der Waals surface area contributed by atoms with Crippen LogP contribution >= 0.6 is 11.6 Å². The Balaban J connectivity index is 1.55. The fourth-order valence-electron chi connectivity index (χ4n) is 3.28. The monoisotopic (exact) mass is 407 g/mol. The van der Waals surface area contributed by atoms with Crippen LogP contribution in [0.5, 0.6) is 0 Å². The van der Waals surface area contributed by atoms with Crippen molar-refractivity contribution in [3.05, 3.63) is 58.6 Å². The summed E-state index contributed by atoms with van der Waals surface area (Å²) < 4.78 is 42.1. The van der Waals surface area contributed by atoms with E-state index < -0.39 is 28.4 Å². The van der Waals surface area contributed by atoms with Crippen LogP contribution in [0, 0.1) is 23.4 Å². The van der Waals surface area contributed by atoms with Gasteiger partial charge in [0.25, 0.3) is 0 Å². The molecule has 1 aliphatic heterocycles. The summed E-state index contributed by atoms with van der Waals surface area (Å²) in [7, 11) is 0. The first-order valence-electron chi connectivity index (χ1n) is 8.41. The number of aromatic amines is 1. The molecule has 1 aromatic carbocycles. The highest BCUT2D eigenvalue weighted by atomic mass is 35.5. The molecule has 1 unspecified atom stereocenters. The highest BCUT2D eigenvalue weighted by Crippen LogP contribution is 2.32. The average Bonchev–Trinajstić information content (AvgIpc) is 3.23. The minimum atomic E-state index is -0.882. The van der Waals surface area contributed by atoms with Gasteiger partial charge in [-0.15, -0.1) is 0 Å². The fourth-order valence-corrected chi connectivity index (χ4v) is 3.39. The molecule has 2 aromatic heterocycles. The molecule has 0 aliphatic carbocycles. The number of anilines is 1. The van der Waals surface area contributed by atoms with Gasteiger partial charge in [-0.2, -0.15) is 15.3 Å². The molecular weight excluding hydrogens is 395 g/mol. The first kappa shape index (κ1) is 18.4. The molecule has 10 heteroatoms. The molecule has 1 amide bonds. The third-order valence-corrected chi connectivity index (χ3v) is 5.02. The van der Waals surface area contributed by atoms with Crippen LogP contribution in [0.3, 0.4) is 0 Å². The van der Waals surface area contributed by atoms with Crippen molar-refractivity contribution in [1.82, 2.24) is 20.4 Å². The van der Waals surface area contributed by atoms with Gasteiger partial charge in [-0.25, -0.2) is 13.2 Å². The Labute approximate surface area is 162 Å². The van der Waals surface area contributed by atoms with Crippen LogP contribution in [0.4, 0.5) is 19.0 Å². The number of carbonyl (C=O) groups excluding carboxylic acids is 1. The van der Waals surface area contributed by atoms with Crippen molar-refractivity contribution in [1.29, 1.82) is 0 Å². The lowest BCUT2D eigenvalue weighted by atomic mass is 9.98. The van der Waals surface area contributed by atoms with E-state index in [1.807, 2.05) is 0 Å². The van der Waals surface area contributed by atoms with Crippen LogP contribution in [0.25, 0.3) is 11.3 Å². The number of hydrogen-bond donors (Lipinski definition) is 1. The minimum absolute atomic E-state index is 0.1000. The Bertz CT molecular complexity index is 1020. The summed E-state index contributed by atoms with van der Waals surface area (Å²) >= 11 is 5.48. The lowest BCUT2D eigenvalue weighted by Gasteiger charge is -2.14. The van der Waals surface area contributed by atoms with Gasteiger partial charge in [0.15, 0.2) is 11.6 Å². The predicted molar refractivity (Wildman–Crippen MR) is 95.1 cm³/mol. The third kappa shape index (κ3) is 3.22. The molecule has 28 heavy (non-hydrogen) atoms. The first-order valence-corrected chi connectivity index (χ1v) is 8.79. The van der Waals surface area contributed by atoms with Crippen molar-refractivity contribution in [3.63, 3.8) is 0 Å². The quantitative estimate of drug-likeness (QED) is 0.671. The van der Waals surface area contributed by atoms with Gasteiger partial charge < -0.3 is 0 Å². The summed E-state index contributed by atoms with van der Waals surface area (Å²) in [4.78, 5) is 13.9. The van der Waals surface area contributed by atoms with Crippen LogP contribution < -0.4 is 4.90 Å². The molecule has 0 saturated carbocycles. The SMILES string of the molecule is O=C1C(Cc2cc(F)c(Cl)c(F)c2)CCN1c1n[nH]c(-c2ccnnc2)c1F. The molecule has 0 radical (unpaired) electrons. The van der Waals surface area contributed by atoms with Gasteiger partial charge in [-0.1, -0.05) is 11.6 Å². The summed E-state index contributed by atoms with van der Waals surface area (Å²) in [5.74, 6) is -3.46. The zero-order valence-corrected chi connectivity index (χ0v) is 15.1. The average molecular weight is 408 g/mol. The first-order chi connectivity index (χ1) is 13.5. The number of nitrogens with zero attached hydrogens (tertiary/aromatic N) is 4. The van der Waals surface area contributed by atoms with Gasteiger partial charge >= 0.3 is 0 Å². The molecule has 3 heterocycles. The van der Waals surface area contributed by atoms with Crippen LogP contribution in [-0.2, 0) is 11.2 Å². The van der Waals surface area contributed by atoms with Crippen LogP contribution in [0.15, 0.2) is 30.6 Å². The molecule has 1 fully saturated rings. The van der Waals surface area contributed by atoms with E-state index in [-0.39, 0.29) is 30.4 Å². The molecule has 1 aliphatic rings. The molecule has 3 aromatic rings. The van der Waals surface area contributed by atoms with E-state index in [4.69, 9.17) is 11.6 Å². The van der Waals surface area contributed by atoms with Gasteiger partial charge in [0.05, 0.1) is 12.4 Å². The number of nitrogens with one attached hydrogen (secondary N) is 1. The summed E-state index contributed by atoms with van der Waals surface area (Å²) in [6.07, 6.45) is 3.31. The van der Waals surface area contributed by atoms with Crippen molar-refractivity contribution in [2.45, 2.75) is 12.8 Å². The number of benzene rings is 1. The second-order valence-corrected chi connectivity index (χ2v) is 6.80. The second-order valence-electron chi connectivity index (χ2n) is 6.42. The zero-order valence-electron chi connectivity index (χ0n) is 14.3. The van der Waals surface area contributed by atoms with E-state index in [2.05, 4.69) is 20.4 Å². The standard InChI is InChI=1S/C18H13ClF3N5O/c19-14-12(20)6-9(7-13(14)21)5-10-2-4-27(18(10)28)17-15(22)16(25-26-17)11-1-3-23-24-8-11/h1,3,6-8,10H,2,4-5H2,(H,25,26). The predicted octanol–water partition coefficient (Wildman–Crippen LogP) is 3.53. The van der Waals surface area contributed by atoms with Gasteiger partial charge in [-0.3, -0.25) is 14.8 Å². The highest BCUT2D eigenvalue weighted by Gasteiger charge is 2.36. The van der Waals surface area contributed by atoms with Crippen LogP contribution in [-0.4, -0.2) is 32.8 Å². The largest absolute Gasteiger partial charge is 0.293 e. The topological polar surface area (TPSA) is 74.8 Å². The Morgan fingerprint density at radius 1 is 1.21 bits per heavy atom. The van der Waals surface area contributed by atoms with E-state index in [1.54, 1.807) is 6.07 Å². The molecule has 1 atom stereocenters. The maximum atomic E-state index is 14.8. The van der Waals surface area contributed by atoms with Gasteiger partial charge in [-0.05, 0) is 36.6 Å². The molecule has 1 saturated heterocycles. The number of halogens is 4. The molecule has 0 spiro atoms. The molecule has 4 rings (SSSR count). The van der Waals surface area contributed by atoms with Gasteiger partial charge in [0, 0.05) is 18.0 Å². The van der Waals surface area contributed by atoms with Crippen molar-refractivity contribution >= 4 is 23.3 Å². The number of hydrogen-bond acceptors (Lipinski definition) is 4. The van der Waals surface area contributed by atoms with Gasteiger partial charge in [0.1, 0.15) is 22.4 Å². The van der Waals surface area contributed by atoms with E-state index in [0.717, 1.165) is 12.1 Å². The zero-order chi connectivity index (χ0) is 19.8. The Morgan fingerprint density at radius 2 is 1.96 bits per heavy atom. The van der Waals surface area contributed by atoms with Crippen molar-refractivity contribution in [3.8, 4) is 11.3 Å². The fraction of sp³-hybridized carbons (Fsp3) is 0.222. The third-order valence-electron chi connectivity index (χ3n) is 4.66. The van der Waals surface area contributed by atoms with E-state index in [9.17, 15) is 18.0 Å². The second kappa shape index (κ2) is 7.23. The summed E-state index contributed by atoms with van der Waals surface area (Å²) in [5, 5.41) is 13.2. The Hall–Kier alpha value is -2.94. The van der Waals surface area contributed by atoms with Gasteiger partial charge in [0.2, 0.25) is 5.91 Å². The number of carbonyl (C=O) groups is 1. The van der Waals surface area contributed by atoms with Crippen LogP contribution in [0.1, 0.15) is 12.0 Å².